The number of nitrogens with zero attached hydrogens (tertiary/aromatic N) is 1. The molecule has 0 unspecified atom stereocenters. The maximum Gasteiger partial charge on any atom is 0.218 e. The molecule has 0 aromatic heterocycles. The number of rotatable bonds is 0. The van der Waals surface area contributed by atoms with Gasteiger partial charge in [-0.15, -0.1) is 0 Å². The van der Waals surface area contributed by atoms with E-state index in [4.69, 9.17) is 4.84 Å². The van der Waals surface area contributed by atoms with Crippen LogP contribution in [0.3, 0.4) is 0 Å². The Kier molecular flexibility index (Phi) is 1.58. The molecule has 0 N–H and O–H groups in total. The molecule has 0 amide bonds. The summed E-state index contributed by atoms with van der Waals surface area (Å²) in [5, 5.41) is 10.9. The van der Waals surface area contributed by atoms with Crippen LogP contribution in [0, 0.1) is 5.21 Å². The van der Waals surface area contributed by atoms with E-state index in [2.05, 4.69) is 0 Å². The lowest BCUT2D eigenvalue weighted by Crippen LogP contribution is -2.35. The van der Waals surface area contributed by atoms with Gasteiger partial charge in [0.2, 0.25) is 5.71 Å². The predicted octanol–water partition coefficient (Wildman–Crippen LogP) is 1.46. The summed E-state index contributed by atoms with van der Waals surface area (Å²) in [4.78, 5) is 5.66. The second kappa shape index (κ2) is 2.15. The molecule has 58 valence electrons. The fourth-order valence-corrected chi connectivity index (χ4v) is 0.921. The first kappa shape index (κ1) is 7.38. The lowest BCUT2D eigenvalue weighted by Gasteiger charge is -2.30. The lowest BCUT2D eigenvalue weighted by atomic mass is 10.0. The maximum absolute atomic E-state index is 10.9. The summed E-state index contributed by atoms with van der Waals surface area (Å²) in [6.07, 6.45) is 1.77. The summed E-state index contributed by atoms with van der Waals surface area (Å²) in [5.41, 5.74) is 0.487. The van der Waals surface area contributed by atoms with Crippen LogP contribution in [-0.4, -0.2) is 16.2 Å². The minimum atomic E-state index is -0.277. The Hall–Kier alpha value is -0.730. The zero-order valence-corrected chi connectivity index (χ0v) is 6.68. The Morgan fingerprint density at radius 1 is 1.60 bits per heavy atom. The molecule has 1 rings (SSSR count). The summed E-state index contributed by atoms with van der Waals surface area (Å²) >= 11 is 0. The molecular weight excluding hydrogens is 130 g/mol. The quantitative estimate of drug-likeness (QED) is 0.481. The molecule has 0 aromatic rings. The van der Waals surface area contributed by atoms with Crippen LogP contribution >= 0.6 is 0 Å². The van der Waals surface area contributed by atoms with E-state index in [0.29, 0.717) is 4.90 Å². The van der Waals surface area contributed by atoms with Gasteiger partial charge < -0.3 is 4.84 Å². The van der Waals surface area contributed by atoms with Gasteiger partial charge in [-0.25, -0.2) is 0 Å². The minimum absolute atomic E-state index is 0.277. The summed E-state index contributed by atoms with van der Waals surface area (Å²) in [7, 11) is 0. The second-order valence-electron chi connectivity index (χ2n) is 3.34. The Labute approximate surface area is 60.8 Å². The van der Waals surface area contributed by atoms with Crippen LogP contribution < -0.4 is 0 Å². The lowest BCUT2D eigenvalue weighted by molar-refractivity contribution is -0.769. The zero-order valence-electron chi connectivity index (χ0n) is 6.68. The van der Waals surface area contributed by atoms with Crippen molar-refractivity contribution in [2.24, 2.45) is 0 Å². The molecule has 1 aliphatic rings. The molecular formula is C7H13NO2. The fraction of sp³-hybridized carbons (Fsp3) is 0.857. The maximum atomic E-state index is 10.9. The van der Waals surface area contributed by atoms with Crippen LogP contribution in [0.4, 0.5) is 0 Å². The predicted molar refractivity (Wildman–Crippen MR) is 38.7 cm³/mol. The molecule has 0 radical (unpaired) electrons. The molecule has 1 aliphatic heterocycles. The molecule has 0 aromatic carbocycles. The van der Waals surface area contributed by atoms with Gasteiger partial charge in [0.05, 0.1) is 5.60 Å². The first-order valence-corrected chi connectivity index (χ1v) is 3.50. The van der Waals surface area contributed by atoms with Crippen LogP contribution in [0.2, 0.25) is 0 Å². The van der Waals surface area contributed by atoms with E-state index in [-0.39, 0.29) is 5.60 Å². The molecule has 0 saturated heterocycles. The third-order valence-corrected chi connectivity index (χ3v) is 1.73. The first-order chi connectivity index (χ1) is 4.51. The Balaban J connectivity index is 2.72. The first-order valence-electron chi connectivity index (χ1n) is 3.50. The molecule has 10 heavy (non-hydrogen) atoms. The molecule has 0 aliphatic carbocycles. The summed E-state index contributed by atoms with van der Waals surface area (Å²) in [6.45, 7) is 5.64. The highest BCUT2D eigenvalue weighted by Gasteiger charge is 2.26. The van der Waals surface area contributed by atoms with Gasteiger partial charge in [-0.2, -0.15) is 0 Å². The fourth-order valence-electron chi connectivity index (χ4n) is 0.921. The van der Waals surface area contributed by atoms with Gasteiger partial charge in [0, 0.05) is 18.2 Å². The monoisotopic (exact) mass is 143 g/mol. The standard InChI is InChI=1S/C7H13NO2/c1-6-4-5-7(2,3)10-8(6)9/h4-5H2,1-3H3. The van der Waals surface area contributed by atoms with Crippen molar-refractivity contribution in [3.05, 3.63) is 5.21 Å². The zero-order chi connectivity index (χ0) is 7.78. The van der Waals surface area contributed by atoms with Crippen molar-refractivity contribution >= 4 is 5.71 Å². The number of hydrogen-bond donors (Lipinski definition) is 0. The van der Waals surface area contributed by atoms with Gasteiger partial charge in [0.1, 0.15) is 0 Å². The summed E-state index contributed by atoms with van der Waals surface area (Å²) < 4.78 is 0. The van der Waals surface area contributed by atoms with Crippen molar-refractivity contribution in [1.29, 1.82) is 0 Å². The number of hydrogen-bond acceptors (Lipinski definition) is 2. The average molecular weight is 143 g/mol. The third kappa shape index (κ3) is 1.40. The van der Waals surface area contributed by atoms with Crippen LogP contribution in [0.15, 0.2) is 0 Å². The molecule has 3 heteroatoms. The minimum Gasteiger partial charge on any atom is -0.397 e. The van der Waals surface area contributed by atoms with E-state index in [1.54, 1.807) is 6.92 Å². The molecule has 0 atom stereocenters. The molecule has 1 heterocycles. The smallest absolute Gasteiger partial charge is 0.218 e. The van der Waals surface area contributed by atoms with E-state index in [1.165, 1.54) is 0 Å². The van der Waals surface area contributed by atoms with E-state index < -0.39 is 0 Å². The largest absolute Gasteiger partial charge is 0.397 e. The molecule has 0 saturated carbocycles. The van der Waals surface area contributed by atoms with E-state index in [0.717, 1.165) is 18.6 Å². The topological polar surface area (TPSA) is 35.3 Å². The van der Waals surface area contributed by atoms with Crippen molar-refractivity contribution < 1.29 is 9.74 Å². The third-order valence-electron chi connectivity index (χ3n) is 1.73. The molecule has 0 bridgehead atoms. The van der Waals surface area contributed by atoms with Crippen molar-refractivity contribution in [3.8, 4) is 0 Å². The highest BCUT2D eigenvalue weighted by Crippen LogP contribution is 2.21. The normalized spacial score (nSPS) is 24.3. The Morgan fingerprint density at radius 3 is 2.60 bits per heavy atom. The van der Waals surface area contributed by atoms with Gasteiger partial charge in [0.15, 0.2) is 0 Å². The highest BCUT2D eigenvalue weighted by molar-refractivity contribution is 5.77. The van der Waals surface area contributed by atoms with Crippen molar-refractivity contribution in [2.45, 2.75) is 39.2 Å². The molecule has 0 spiro atoms. The van der Waals surface area contributed by atoms with E-state index >= 15 is 0 Å². The van der Waals surface area contributed by atoms with Crippen LogP contribution in [0.1, 0.15) is 33.6 Å². The highest BCUT2D eigenvalue weighted by atomic mass is 16.9. The van der Waals surface area contributed by atoms with Crippen molar-refractivity contribution in [1.82, 2.24) is 0 Å². The van der Waals surface area contributed by atoms with Crippen LogP contribution in [0.5, 0.6) is 0 Å². The van der Waals surface area contributed by atoms with Crippen LogP contribution in [0.25, 0.3) is 0 Å². The van der Waals surface area contributed by atoms with Crippen molar-refractivity contribution in [3.63, 3.8) is 0 Å². The summed E-state index contributed by atoms with van der Waals surface area (Å²) in [6, 6.07) is 0. The average Bonchev–Trinajstić information content (AvgIpc) is 1.79. The van der Waals surface area contributed by atoms with Gasteiger partial charge in [0.25, 0.3) is 0 Å². The van der Waals surface area contributed by atoms with E-state index in [9.17, 15) is 5.21 Å². The van der Waals surface area contributed by atoms with Gasteiger partial charge in [-0.1, -0.05) is 0 Å². The van der Waals surface area contributed by atoms with Crippen molar-refractivity contribution in [2.75, 3.05) is 0 Å². The molecule has 3 nitrogen and oxygen atoms in total. The van der Waals surface area contributed by atoms with E-state index in [1.807, 2.05) is 13.8 Å². The summed E-state index contributed by atoms with van der Waals surface area (Å²) in [5.74, 6) is 0. The second-order valence-corrected chi connectivity index (χ2v) is 3.34. The van der Waals surface area contributed by atoms with Gasteiger partial charge in [-0.3, -0.25) is 5.21 Å². The SMILES string of the molecule is CC1=[N+]([O-])OC(C)(C)CC1. The van der Waals surface area contributed by atoms with Gasteiger partial charge >= 0.3 is 0 Å². The Morgan fingerprint density at radius 2 is 2.20 bits per heavy atom. The van der Waals surface area contributed by atoms with Crippen LogP contribution in [-0.2, 0) is 4.84 Å². The molecule has 0 fully saturated rings. The Bertz CT molecular complexity index is 172. The van der Waals surface area contributed by atoms with Gasteiger partial charge in [-0.05, 0) is 20.3 Å².